The van der Waals surface area contributed by atoms with Crippen LogP contribution in [0.2, 0.25) is 0 Å². The molecule has 0 radical (unpaired) electrons. The molecule has 3 heteroatoms. The van der Waals surface area contributed by atoms with Crippen molar-refractivity contribution in [1.82, 2.24) is 14.7 Å². The van der Waals surface area contributed by atoms with Crippen molar-refractivity contribution >= 4 is 0 Å². The van der Waals surface area contributed by atoms with Crippen molar-refractivity contribution in [3.05, 3.63) is 35.9 Å². The van der Waals surface area contributed by atoms with Crippen molar-refractivity contribution in [2.45, 2.75) is 32.2 Å². The molecule has 2 fully saturated rings. The van der Waals surface area contributed by atoms with Crippen LogP contribution in [-0.2, 0) is 6.42 Å². The minimum atomic E-state index is 0.846. The maximum atomic E-state index is 2.76. The van der Waals surface area contributed by atoms with Gasteiger partial charge in [0.15, 0.2) is 0 Å². The molecule has 22 heavy (non-hydrogen) atoms. The molecule has 1 aromatic rings. The summed E-state index contributed by atoms with van der Waals surface area (Å²) in [4.78, 5) is 7.99. The number of piperidine rings is 1. The number of hydrogen-bond donors (Lipinski definition) is 0. The Bertz CT molecular complexity index is 418. The summed E-state index contributed by atoms with van der Waals surface area (Å²) < 4.78 is 0. The maximum Gasteiger partial charge on any atom is 0.0121 e. The number of likely N-dealkylation sites (tertiary alicyclic amines) is 1. The normalized spacial score (nSPS) is 23.0. The van der Waals surface area contributed by atoms with E-state index in [2.05, 4.69) is 52.0 Å². The second-order valence-electron chi connectivity index (χ2n) is 6.78. The van der Waals surface area contributed by atoms with Gasteiger partial charge in [-0.1, -0.05) is 37.3 Å². The van der Waals surface area contributed by atoms with Crippen molar-refractivity contribution in [2.24, 2.45) is 0 Å². The Morgan fingerprint density at radius 1 is 0.864 bits per heavy atom. The fraction of sp³-hybridized carbons (Fsp3) is 0.684. The van der Waals surface area contributed by atoms with Crippen LogP contribution in [0.1, 0.15) is 25.3 Å². The van der Waals surface area contributed by atoms with Gasteiger partial charge in [-0.2, -0.15) is 0 Å². The van der Waals surface area contributed by atoms with Crippen LogP contribution in [0.3, 0.4) is 0 Å². The average Bonchev–Trinajstić information content (AvgIpc) is 2.61. The molecule has 0 aliphatic carbocycles. The van der Waals surface area contributed by atoms with E-state index in [4.69, 9.17) is 0 Å². The molecule has 0 unspecified atom stereocenters. The van der Waals surface area contributed by atoms with Gasteiger partial charge in [0.1, 0.15) is 0 Å². The smallest absolute Gasteiger partial charge is 0.0121 e. The quantitative estimate of drug-likeness (QED) is 0.826. The van der Waals surface area contributed by atoms with E-state index in [0.29, 0.717) is 0 Å². The Hall–Kier alpha value is -0.900. The molecule has 122 valence electrons. The second-order valence-corrected chi connectivity index (χ2v) is 6.78. The van der Waals surface area contributed by atoms with E-state index in [1.54, 1.807) is 0 Å². The Balaban J connectivity index is 1.37. The van der Waals surface area contributed by atoms with Crippen LogP contribution in [0, 0.1) is 0 Å². The molecule has 0 amide bonds. The average molecular weight is 301 g/mol. The summed E-state index contributed by atoms with van der Waals surface area (Å²) in [5.74, 6) is 0. The fourth-order valence-electron chi connectivity index (χ4n) is 3.88. The lowest BCUT2D eigenvalue weighted by Gasteiger charge is -2.42. The summed E-state index contributed by atoms with van der Waals surface area (Å²) in [7, 11) is 0. The third-order valence-corrected chi connectivity index (χ3v) is 5.49. The zero-order valence-electron chi connectivity index (χ0n) is 14.1. The molecule has 0 saturated carbocycles. The van der Waals surface area contributed by atoms with Crippen molar-refractivity contribution in [3.8, 4) is 0 Å². The van der Waals surface area contributed by atoms with Crippen molar-refractivity contribution in [3.63, 3.8) is 0 Å². The monoisotopic (exact) mass is 301 g/mol. The van der Waals surface area contributed by atoms with Crippen molar-refractivity contribution < 1.29 is 0 Å². The largest absolute Gasteiger partial charge is 0.303 e. The van der Waals surface area contributed by atoms with Crippen LogP contribution < -0.4 is 0 Å². The van der Waals surface area contributed by atoms with E-state index in [0.717, 1.165) is 6.04 Å². The van der Waals surface area contributed by atoms with Gasteiger partial charge >= 0.3 is 0 Å². The maximum absolute atomic E-state index is 2.76. The van der Waals surface area contributed by atoms with Crippen LogP contribution in [0.15, 0.2) is 30.3 Å². The summed E-state index contributed by atoms with van der Waals surface area (Å²) in [6.45, 7) is 12.4. The highest BCUT2D eigenvalue weighted by atomic mass is 15.3. The molecule has 0 atom stereocenters. The molecule has 2 saturated heterocycles. The van der Waals surface area contributed by atoms with Gasteiger partial charge in [-0.15, -0.1) is 0 Å². The van der Waals surface area contributed by atoms with Gasteiger partial charge in [0.25, 0.3) is 0 Å². The van der Waals surface area contributed by atoms with Crippen LogP contribution in [-0.4, -0.2) is 73.1 Å². The number of rotatable bonds is 5. The zero-order chi connectivity index (χ0) is 15.2. The van der Waals surface area contributed by atoms with Gasteiger partial charge in [-0.3, -0.25) is 4.90 Å². The molecule has 2 aliphatic rings. The SMILES string of the molecule is CCN1CCC(N2CCN(CCc3ccccc3)CC2)CC1. The molecule has 0 spiro atoms. The van der Waals surface area contributed by atoms with Crippen LogP contribution in [0.25, 0.3) is 0 Å². The highest BCUT2D eigenvalue weighted by Gasteiger charge is 2.26. The molecular formula is C19H31N3. The van der Waals surface area contributed by atoms with Gasteiger partial charge < -0.3 is 9.80 Å². The van der Waals surface area contributed by atoms with Gasteiger partial charge in [0.05, 0.1) is 0 Å². The van der Waals surface area contributed by atoms with E-state index >= 15 is 0 Å². The number of piperazine rings is 1. The highest BCUT2D eigenvalue weighted by molar-refractivity contribution is 5.14. The molecular weight excluding hydrogens is 270 g/mol. The van der Waals surface area contributed by atoms with E-state index in [9.17, 15) is 0 Å². The summed E-state index contributed by atoms with van der Waals surface area (Å²) in [5.41, 5.74) is 1.47. The molecule has 2 aliphatic heterocycles. The minimum absolute atomic E-state index is 0.846. The van der Waals surface area contributed by atoms with Crippen molar-refractivity contribution in [1.29, 1.82) is 0 Å². The van der Waals surface area contributed by atoms with Gasteiger partial charge in [-0.25, -0.2) is 0 Å². The predicted octanol–water partition coefficient (Wildman–Crippen LogP) is 2.33. The first-order chi connectivity index (χ1) is 10.8. The first-order valence-corrected chi connectivity index (χ1v) is 9.08. The molecule has 0 bridgehead atoms. The molecule has 2 heterocycles. The van der Waals surface area contributed by atoms with Crippen LogP contribution >= 0.6 is 0 Å². The lowest BCUT2D eigenvalue weighted by atomic mass is 10.0. The topological polar surface area (TPSA) is 9.72 Å². The lowest BCUT2D eigenvalue weighted by Crippen LogP contribution is -2.53. The number of benzene rings is 1. The third kappa shape index (κ3) is 4.31. The Kier molecular flexibility index (Phi) is 5.88. The Morgan fingerprint density at radius 2 is 1.55 bits per heavy atom. The molecule has 0 aromatic heterocycles. The lowest BCUT2D eigenvalue weighted by molar-refractivity contribution is 0.0609. The highest BCUT2D eigenvalue weighted by Crippen LogP contribution is 2.18. The standard InChI is InChI=1S/C19H31N3/c1-2-20-12-9-19(10-13-20)22-16-14-21(15-17-22)11-8-18-6-4-3-5-7-18/h3-7,19H,2,8-17H2,1H3. The number of nitrogens with zero attached hydrogens (tertiary/aromatic N) is 3. The Labute approximate surface area is 135 Å². The van der Waals surface area contributed by atoms with Crippen LogP contribution in [0.5, 0.6) is 0 Å². The molecule has 0 N–H and O–H groups in total. The molecule has 1 aromatic carbocycles. The van der Waals surface area contributed by atoms with Gasteiger partial charge in [0, 0.05) is 38.8 Å². The molecule has 3 nitrogen and oxygen atoms in total. The van der Waals surface area contributed by atoms with E-state index in [1.165, 1.54) is 77.2 Å². The summed E-state index contributed by atoms with van der Waals surface area (Å²) in [6.07, 6.45) is 3.94. The van der Waals surface area contributed by atoms with Gasteiger partial charge in [0.2, 0.25) is 0 Å². The number of hydrogen-bond acceptors (Lipinski definition) is 3. The summed E-state index contributed by atoms with van der Waals surface area (Å²) in [5, 5.41) is 0. The third-order valence-electron chi connectivity index (χ3n) is 5.49. The van der Waals surface area contributed by atoms with E-state index < -0.39 is 0 Å². The summed E-state index contributed by atoms with van der Waals surface area (Å²) >= 11 is 0. The first-order valence-electron chi connectivity index (χ1n) is 9.08. The van der Waals surface area contributed by atoms with E-state index in [-0.39, 0.29) is 0 Å². The first kappa shape index (κ1) is 16.0. The fourth-order valence-corrected chi connectivity index (χ4v) is 3.88. The molecule has 3 rings (SSSR count). The summed E-state index contributed by atoms with van der Waals surface area (Å²) in [6, 6.07) is 11.7. The Morgan fingerprint density at radius 3 is 2.18 bits per heavy atom. The van der Waals surface area contributed by atoms with Gasteiger partial charge in [-0.05, 0) is 44.5 Å². The van der Waals surface area contributed by atoms with Crippen molar-refractivity contribution in [2.75, 3.05) is 52.4 Å². The predicted molar refractivity (Wildman–Crippen MR) is 93.3 cm³/mol. The zero-order valence-corrected chi connectivity index (χ0v) is 14.1. The van der Waals surface area contributed by atoms with E-state index in [1.807, 2.05) is 0 Å². The van der Waals surface area contributed by atoms with Crippen LogP contribution in [0.4, 0.5) is 0 Å². The second kappa shape index (κ2) is 8.09. The minimum Gasteiger partial charge on any atom is -0.303 e.